The van der Waals surface area contributed by atoms with E-state index in [0.717, 1.165) is 21.7 Å². The van der Waals surface area contributed by atoms with Crippen molar-refractivity contribution >= 4 is 22.9 Å². The summed E-state index contributed by atoms with van der Waals surface area (Å²) in [5, 5.41) is 1.92. The standard InChI is InChI=1S/C18H16N2OS/c1-14-5-2-7-16(11-14)20(13-15-6-3-9-19-12-15)18(21)17-8-4-10-22-17/h2-12H,13H2,1H3. The molecule has 0 fully saturated rings. The lowest BCUT2D eigenvalue weighted by Crippen LogP contribution is -2.29. The molecule has 0 aliphatic heterocycles. The van der Waals surface area contributed by atoms with E-state index in [1.54, 1.807) is 17.3 Å². The quantitative estimate of drug-likeness (QED) is 0.720. The van der Waals surface area contributed by atoms with Crippen LogP contribution in [0.2, 0.25) is 0 Å². The minimum atomic E-state index is 0.0180. The van der Waals surface area contributed by atoms with Gasteiger partial charge < -0.3 is 4.90 Å². The zero-order chi connectivity index (χ0) is 15.4. The van der Waals surface area contributed by atoms with E-state index in [1.807, 2.05) is 60.8 Å². The van der Waals surface area contributed by atoms with Gasteiger partial charge in [0.1, 0.15) is 0 Å². The highest BCUT2D eigenvalue weighted by atomic mass is 32.1. The Morgan fingerprint density at radius 1 is 1.18 bits per heavy atom. The van der Waals surface area contributed by atoms with E-state index in [2.05, 4.69) is 4.98 Å². The van der Waals surface area contributed by atoms with Gasteiger partial charge in [0.25, 0.3) is 5.91 Å². The Morgan fingerprint density at radius 3 is 2.77 bits per heavy atom. The summed E-state index contributed by atoms with van der Waals surface area (Å²) in [6.07, 6.45) is 3.53. The van der Waals surface area contributed by atoms with Crippen LogP contribution in [0, 0.1) is 6.92 Å². The molecular formula is C18H16N2OS. The smallest absolute Gasteiger partial charge is 0.268 e. The van der Waals surface area contributed by atoms with Crippen molar-refractivity contribution in [1.29, 1.82) is 0 Å². The molecule has 0 radical (unpaired) electrons. The predicted octanol–water partition coefficient (Wildman–Crippen LogP) is 4.30. The van der Waals surface area contributed by atoms with Crippen LogP contribution in [0.5, 0.6) is 0 Å². The summed E-state index contributed by atoms with van der Waals surface area (Å²) in [6, 6.07) is 15.6. The second-order valence-electron chi connectivity index (χ2n) is 5.07. The lowest BCUT2D eigenvalue weighted by atomic mass is 10.1. The Labute approximate surface area is 133 Å². The summed E-state index contributed by atoms with van der Waals surface area (Å²) >= 11 is 1.46. The van der Waals surface area contributed by atoms with Crippen LogP contribution >= 0.6 is 11.3 Å². The number of aromatic nitrogens is 1. The molecule has 0 N–H and O–H groups in total. The first kappa shape index (κ1) is 14.5. The van der Waals surface area contributed by atoms with Crippen LogP contribution in [0.1, 0.15) is 20.8 Å². The summed E-state index contributed by atoms with van der Waals surface area (Å²) in [6.45, 7) is 2.54. The fourth-order valence-electron chi connectivity index (χ4n) is 2.28. The molecule has 110 valence electrons. The zero-order valence-electron chi connectivity index (χ0n) is 12.3. The molecule has 3 nitrogen and oxygen atoms in total. The molecule has 0 aliphatic carbocycles. The number of carbonyl (C=O) groups is 1. The van der Waals surface area contributed by atoms with E-state index in [4.69, 9.17) is 0 Å². The van der Waals surface area contributed by atoms with Crippen LogP contribution in [-0.2, 0) is 6.54 Å². The van der Waals surface area contributed by atoms with Crippen LogP contribution in [0.4, 0.5) is 5.69 Å². The largest absolute Gasteiger partial charge is 0.303 e. The summed E-state index contributed by atoms with van der Waals surface area (Å²) < 4.78 is 0. The Balaban J connectivity index is 1.96. The van der Waals surface area contributed by atoms with Gasteiger partial charge in [0.2, 0.25) is 0 Å². The van der Waals surface area contributed by atoms with Crippen LogP contribution in [0.3, 0.4) is 0 Å². The maximum atomic E-state index is 12.8. The van der Waals surface area contributed by atoms with Gasteiger partial charge in [0.15, 0.2) is 0 Å². The summed E-state index contributed by atoms with van der Waals surface area (Å²) in [4.78, 5) is 19.5. The molecule has 4 heteroatoms. The van der Waals surface area contributed by atoms with Gasteiger partial charge in [-0.1, -0.05) is 24.3 Å². The van der Waals surface area contributed by atoms with Crippen molar-refractivity contribution in [1.82, 2.24) is 4.98 Å². The van der Waals surface area contributed by atoms with Gasteiger partial charge in [0, 0.05) is 18.1 Å². The lowest BCUT2D eigenvalue weighted by molar-refractivity contribution is 0.0989. The highest BCUT2D eigenvalue weighted by molar-refractivity contribution is 7.12. The Kier molecular flexibility index (Phi) is 4.30. The molecule has 1 amide bonds. The number of amides is 1. The van der Waals surface area contributed by atoms with Crippen molar-refractivity contribution in [3.63, 3.8) is 0 Å². The summed E-state index contributed by atoms with van der Waals surface area (Å²) in [7, 11) is 0. The monoisotopic (exact) mass is 308 g/mol. The number of carbonyl (C=O) groups excluding carboxylic acids is 1. The Morgan fingerprint density at radius 2 is 2.09 bits per heavy atom. The molecule has 2 heterocycles. The first-order chi connectivity index (χ1) is 10.7. The van der Waals surface area contributed by atoms with Crippen molar-refractivity contribution in [3.8, 4) is 0 Å². The van der Waals surface area contributed by atoms with Gasteiger partial charge in [-0.15, -0.1) is 11.3 Å². The number of aryl methyl sites for hydroxylation is 1. The first-order valence-corrected chi connectivity index (χ1v) is 7.93. The maximum absolute atomic E-state index is 12.8. The SMILES string of the molecule is Cc1cccc(N(Cc2cccnc2)C(=O)c2cccs2)c1. The van der Waals surface area contributed by atoms with Crippen LogP contribution in [0.15, 0.2) is 66.3 Å². The normalized spacial score (nSPS) is 10.4. The summed E-state index contributed by atoms with van der Waals surface area (Å²) in [5.41, 5.74) is 3.05. The van der Waals surface area contributed by atoms with Crippen LogP contribution in [-0.4, -0.2) is 10.9 Å². The molecule has 0 bridgehead atoms. The third-order valence-corrected chi connectivity index (χ3v) is 4.21. The fourth-order valence-corrected chi connectivity index (χ4v) is 2.96. The number of benzene rings is 1. The van der Waals surface area contributed by atoms with Crippen molar-refractivity contribution in [2.45, 2.75) is 13.5 Å². The molecule has 22 heavy (non-hydrogen) atoms. The van der Waals surface area contributed by atoms with Gasteiger partial charge in [-0.05, 0) is 47.7 Å². The average Bonchev–Trinajstić information content (AvgIpc) is 3.07. The second kappa shape index (κ2) is 6.54. The molecule has 0 atom stereocenters. The molecule has 0 saturated heterocycles. The van der Waals surface area contributed by atoms with E-state index in [0.29, 0.717) is 6.54 Å². The molecule has 0 spiro atoms. The topological polar surface area (TPSA) is 33.2 Å². The van der Waals surface area contributed by atoms with E-state index in [-0.39, 0.29) is 5.91 Å². The average molecular weight is 308 g/mol. The van der Waals surface area contributed by atoms with Gasteiger partial charge in [0.05, 0.1) is 11.4 Å². The molecule has 0 saturated carbocycles. The molecule has 0 aliphatic rings. The zero-order valence-corrected chi connectivity index (χ0v) is 13.1. The first-order valence-electron chi connectivity index (χ1n) is 7.05. The predicted molar refractivity (Wildman–Crippen MR) is 90.2 cm³/mol. The van der Waals surface area contributed by atoms with E-state index in [9.17, 15) is 4.79 Å². The highest BCUT2D eigenvalue weighted by Crippen LogP contribution is 2.23. The van der Waals surface area contributed by atoms with Gasteiger partial charge in [-0.2, -0.15) is 0 Å². The molecule has 2 aromatic heterocycles. The third kappa shape index (κ3) is 3.23. The number of nitrogens with zero attached hydrogens (tertiary/aromatic N) is 2. The number of rotatable bonds is 4. The van der Waals surface area contributed by atoms with Crippen molar-refractivity contribution in [3.05, 3.63) is 82.3 Å². The lowest BCUT2D eigenvalue weighted by Gasteiger charge is -2.22. The second-order valence-corrected chi connectivity index (χ2v) is 6.02. The van der Waals surface area contributed by atoms with Crippen molar-refractivity contribution < 1.29 is 4.79 Å². The van der Waals surface area contributed by atoms with Gasteiger partial charge in [-0.3, -0.25) is 9.78 Å². The minimum Gasteiger partial charge on any atom is -0.303 e. The van der Waals surface area contributed by atoms with Gasteiger partial charge >= 0.3 is 0 Å². The van der Waals surface area contributed by atoms with Crippen molar-refractivity contribution in [2.24, 2.45) is 0 Å². The minimum absolute atomic E-state index is 0.0180. The Hall–Kier alpha value is -2.46. The molecule has 3 rings (SSSR count). The molecule has 0 unspecified atom stereocenters. The van der Waals surface area contributed by atoms with Crippen LogP contribution < -0.4 is 4.90 Å². The number of pyridine rings is 1. The number of hydrogen-bond acceptors (Lipinski definition) is 3. The third-order valence-electron chi connectivity index (χ3n) is 3.35. The summed E-state index contributed by atoms with van der Waals surface area (Å²) in [5.74, 6) is 0.0180. The number of hydrogen-bond donors (Lipinski definition) is 0. The van der Waals surface area contributed by atoms with Gasteiger partial charge in [-0.25, -0.2) is 0 Å². The molecule has 3 aromatic rings. The number of anilines is 1. The Bertz CT molecular complexity index is 754. The fraction of sp³-hybridized carbons (Fsp3) is 0.111. The van der Waals surface area contributed by atoms with Crippen LogP contribution in [0.25, 0.3) is 0 Å². The molecular weight excluding hydrogens is 292 g/mol. The van der Waals surface area contributed by atoms with E-state index in [1.165, 1.54) is 11.3 Å². The van der Waals surface area contributed by atoms with Crippen molar-refractivity contribution in [2.75, 3.05) is 4.90 Å². The van der Waals surface area contributed by atoms with E-state index >= 15 is 0 Å². The highest BCUT2D eigenvalue weighted by Gasteiger charge is 2.19. The van der Waals surface area contributed by atoms with E-state index < -0.39 is 0 Å². The maximum Gasteiger partial charge on any atom is 0.268 e. The number of thiophene rings is 1. The molecule has 1 aromatic carbocycles.